The van der Waals surface area contributed by atoms with Crippen molar-refractivity contribution in [2.45, 2.75) is 38.6 Å². The van der Waals surface area contributed by atoms with Gasteiger partial charge in [-0.3, -0.25) is 0 Å². The summed E-state index contributed by atoms with van der Waals surface area (Å²) in [5.74, 6) is 0. The Labute approximate surface area is 243 Å². The van der Waals surface area contributed by atoms with Crippen LogP contribution >= 0.6 is 0 Å². The Morgan fingerprint density at radius 1 is 0.415 bits per heavy atom. The maximum Gasteiger partial charge on any atom is 0.0497 e. The van der Waals surface area contributed by atoms with Crippen molar-refractivity contribution in [3.05, 3.63) is 95.1 Å². The minimum atomic E-state index is 0.624. The molecule has 214 valence electrons. The van der Waals surface area contributed by atoms with E-state index in [2.05, 4.69) is 77.4 Å². The zero-order chi connectivity index (χ0) is 28.8. The molecular formula is C35H44N6. The second-order valence-electron chi connectivity index (χ2n) is 10.9. The number of aryl methyl sites for hydroxylation is 1. The van der Waals surface area contributed by atoms with E-state index in [9.17, 15) is 0 Å². The standard InChI is InChI=1S/C35H44N6/c36-14-1-19-41-34-22-28(26-4-2-24(10-15-37)30(20-26)12-17-39)6-8-32(34)33-9-7-29(23-35(33)41)27-5-3-25(11-16-38)31(21-27)13-18-40/h2-9,20-23H,1,10-19,36-40H2. The van der Waals surface area contributed by atoms with Crippen LogP contribution in [0.3, 0.4) is 0 Å². The van der Waals surface area contributed by atoms with E-state index in [0.717, 1.165) is 38.6 Å². The van der Waals surface area contributed by atoms with Gasteiger partial charge in [0.05, 0.1) is 0 Å². The first-order chi connectivity index (χ1) is 20.1. The van der Waals surface area contributed by atoms with Crippen LogP contribution in [0.2, 0.25) is 0 Å². The highest BCUT2D eigenvalue weighted by Gasteiger charge is 2.14. The lowest BCUT2D eigenvalue weighted by molar-refractivity contribution is 0.687. The van der Waals surface area contributed by atoms with Crippen LogP contribution in [0.5, 0.6) is 0 Å². The number of benzene rings is 4. The molecule has 0 saturated heterocycles. The molecule has 0 bridgehead atoms. The van der Waals surface area contributed by atoms with E-state index >= 15 is 0 Å². The SMILES string of the molecule is NCCCn1c2cc(-c3ccc(CCN)c(CCN)c3)ccc2c2ccc(-c3ccc(CCN)c(CCN)c3)cc21. The van der Waals surface area contributed by atoms with Crippen molar-refractivity contribution in [2.75, 3.05) is 32.7 Å². The number of nitrogens with zero attached hydrogens (tertiary/aromatic N) is 1. The summed E-state index contributed by atoms with van der Waals surface area (Å²) in [6, 6.07) is 27.1. The lowest BCUT2D eigenvalue weighted by Crippen LogP contribution is -2.09. The highest BCUT2D eigenvalue weighted by Crippen LogP contribution is 2.36. The van der Waals surface area contributed by atoms with Gasteiger partial charge >= 0.3 is 0 Å². The first kappa shape index (κ1) is 29.0. The third-order valence-corrected chi connectivity index (χ3v) is 8.19. The number of aromatic nitrogens is 1. The molecule has 0 amide bonds. The van der Waals surface area contributed by atoms with Crippen molar-refractivity contribution in [3.63, 3.8) is 0 Å². The summed E-state index contributed by atoms with van der Waals surface area (Å²) in [7, 11) is 0. The van der Waals surface area contributed by atoms with E-state index in [4.69, 9.17) is 28.7 Å². The fourth-order valence-electron chi connectivity index (χ4n) is 6.13. The van der Waals surface area contributed by atoms with Crippen LogP contribution in [-0.4, -0.2) is 37.3 Å². The summed E-state index contributed by atoms with van der Waals surface area (Å²) >= 11 is 0. The minimum Gasteiger partial charge on any atom is -0.340 e. The predicted octanol–water partition coefficient (Wildman–Crippen LogP) is 4.48. The normalized spacial score (nSPS) is 11.6. The van der Waals surface area contributed by atoms with Crippen LogP contribution in [0.1, 0.15) is 28.7 Å². The smallest absolute Gasteiger partial charge is 0.0497 e. The average Bonchev–Trinajstić information content (AvgIpc) is 3.30. The molecule has 1 aromatic heterocycles. The fraction of sp³-hybridized carbons (Fsp3) is 0.314. The highest BCUT2D eigenvalue weighted by molar-refractivity contribution is 6.10. The molecular weight excluding hydrogens is 504 g/mol. The Kier molecular flexibility index (Phi) is 9.49. The van der Waals surface area contributed by atoms with Crippen molar-refractivity contribution in [1.29, 1.82) is 0 Å². The summed E-state index contributed by atoms with van der Waals surface area (Å²) < 4.78 is 2.44. The third kappa shape index (κ3) is 6.08. The van der Waals surface area contributed by atoms with Crippen LogP contribution in [0.15, 0.2) is 72.8 Å². The lowest BCUT2D eigenvalue weighted by Gasteiger charge is -2.13. The van der Waals surface area contributed by atoms with Crippen molar-refractivity contribution in [2.24, 2.45) is 28.7 Å². The van der Waals surface area contributed by atoms with E-state index in [0.29, 0.717) is 32.7 Å². The molecule has 0 atom stereocenters. The second kappa shape index (κ2) is 13.4. The van der Waals surface area contributed by atoms with Gasteiger partial charge in [-0.05, 0) is 121 Å². The van der Waals surface area contributed by atoms with Gasteiger partial charge in [-0.1, -0.05) is 60.7 Å². The zero-order valence-corrected chi connectivity index (χ0v) is 24.0. The summed E-state index contributed by atoms with van der Waals surface area (Å²) in [4.78, 5) is 0. The Morgan fingerprint density at radius 3 is 1.22 bits per heavy atom. The molecule has 0 spiro atoms. The fourth-order valence-corrected chi connectivity index (χ4v) is 6.13. The van der Waals surface area contributed by atoms with Gasteiger partial charge in [0.25, 0.3) is 0 Å². The molecule has 5 aromatic rings. The molecule has 10 N–H and O–H groups in total. The van der Waals surface area contributed by atoms with Gasteiger partial charge in [-0.15, -0.1) is 0 Å². The third-order valence-electron chi connectivity index (χ3n) is 8.19. The molecule has 0 radical (unpaired) electrons. The van der Waals surface area contributed by atoms with E-state index in [1.54, 1.807) is 0 Å². The molecule has 0 fully saturated rings. The van der Waals surface area contributed by atoms with Gasteiger partial charge in [0, 0.05) is 28.4 Å². The highest BCUT2D eigenvalue weighted by atomic mass is 15.0. The van der Waals surface area contributed by atoms with E-state index < -0.39 is 0 Å². The predicted molar refractivity (Wildman–Crippen MR) is 175 cm³/mol. The molecule has 6 nitrogen and oxygen atoms in total. The summed E-state index contributed by atoms with van der Waals surface area (Å²) in [6.07, 6.45) is 4.36. The van der Waals surface area contributed by atoms with Gasteiger partial charge in [-0.2, -0.15) is 0 Å². The molecule has 5 rings (SSSR count). The number of rotatable bonds is 13. The van der Waals surface area contributed by atoms with Crippen molar-refractivity contribution in [3.8, 4) is 22.3 Å². The quantitative estimate of drug-likeness (QED) is 0.148. The Bertz CT molecular complexity index is 1520. The molecule has 41 heavy (non-hydrogen) atoms. The monoisotopic (exact) mass is 548 g/mol. The molecule has 0 aliphatic carbocycles. The van der Waals surface area contributed by atoms with Gasteiger partial charge in [0.2, 0.25) is 0 Å². The summed E-state index contributed by atoms with van der Waals surface area (Å²) in [5.41, 5.74) is 42.0. The maximum absolute atomic E-state index is 5.99. The van der Waals surface area contributed by atoms with Gasteiger partial charge in [0.15, 0.2) is 0 Å². The zero-order valence-electron chi connectivity index (χ0n) is 24.0. The number of fused-ring (bicyclic) bond motifs is 3. The van der Waals surface area contributed by atoms with Crippen LogP contribution < -0.4 is 28.7 Å². The molecule has 0 saturated carbocycles. The van der Waals surface area contributed by atoms with Crippen molar-refractivity contribution >= 4 is 21.8 Å². The van der Waals surface area contributed by atoms with E-state index in [1.165, 1.54) is 66.3 Å². The Balaban J connectivity index is 1.62. The Morgan fingerprint density at radius 2 is 0.805 bits per heavy atom. The van der Waals surface area contributed by atoms with E-state index in [1.807, 2.05) is 0 Å². The average molecular weight is 549 g/mol. The second-order valence-corrected chi connectivity index (χ2v) is 10.9. The molecule has 6 heteroatoms. The largest absolute Gasteiger partial charge is 0.340 e. The summed E-state index contributed by atoms with van der Waals surface area (Å²) in [5, 5.41) is 2.52. The van der Waals surface area contributed by atoms with Crippen LogP contribution in [-0.2, 0) is 32.2 Å². The van der Waals surface area contributed by atoms with Gasteiger partial charge in [-0.25, -0.2) is 0 Å². The maximum atomic E-state index is 5.99. The topological polar surface area (TPSA) is 135 Å². The minimum absolute atomic E-state index is 0.624. The Hall–Kier alpha value is -3.52. The van der Waals surface area contributed by atoms with Crippen molar-refractivity contribution < 1.29 is 0 Å². The summed E-state index contributed by atoms with van der Waals surface area (Å²) in [6.45, 7) is 4.04. The van der Waals surface area contributed by atoms with Crippen molar-refractivity contribution in [1.82, 2.24) is 4.57 Å². The van der Waals surface area contributed by atoms with Crippen LogP contribution in [0.25, 0.3) is 44.1 Å². The number of hydrogen-bond donors (Lipinski definition) is 5. The van der Waals surface area contributed by atoms with Gasteiger partial charge < -0.3 is 33.2 Å². The van der Waals surface area contributed by atoms with Gasteiger partial charge in [0.1, 0.15) is 0 Å². The number of nitrogens with two attached hydrogens (primary N) is 5. The first-order valence-corrected chi connectivity index (χ1v) is 14.9. The molecule has 1 heterocycles. The van der Waals surface area contributed by atoms with Crippen LogP contribution in [0, 0.1) is 0 Å². The van der Waals surface area contributed by atoms with E-state index in [-0.39, 0.29) is 0 Å². The lowest BCUT2D eigenvalue weighted by atomic mass is 9.94. The molecule has 0 aliphatic rings. The molecule has 0 aliphatic heterocycles. The van der Waals surface area contributed by atoms with Crippen LogP contribution in [0.4, 0.5) is 0 Å². The molecule has 0 unspecified atom stereocenters. The molecule has 4 aromatic carbocycles. The first-order valence-electron chi connectivity index (χ1n) is 14.9. The number of hydrogen-bond acceptors (Lipinski definition) is 5.